The van der Waals surface area contributed by atoms with Gasteiger partial charge in [-0.1, -0.05) is 29.8 Å². The Kier molecular flexibility index (Phi) is 5.51. The number of amides is 3. The molecule has 0 radical (unpaired) electrons. The van der Waals surface area contributed by atoms with Crippen LogP contribution in [0.3, 0.4) is 0 Å². The number of rotatable bonds is 4. The van der Waals surface area contributed by atoms with Crippen LogP contribution >= 0.6 is 0 Å². The molecule has 2 aliphatic heterocycles. The van der Waals surface area contributed by atoms with Crippen LogP contribution in [0.15, 0.2) is 24.3 Å². The highest BCUT2D eigenvalue weighted by atomic mass is 16.2. The van der Waals surface area contributed by atoms with Gasteiger partial charge in [0.1, 0.15) is 0 Å². The predicted molar refractivity (Wildman–Crippen MR) is 102 cm³/mol. The van der Waals surface area contributed by atoms with Crippen LogP contribution in [0.25, 0.3) is 0 Å². The van der Waals surface area contributed by atoms with Crippen molar-refractivity contribution < 1.29 is 9.59 Å². The molecule has 6 heteroatoms. The van der Waals surface area contributed by atoms with Gasteiger partial charge in [0.2, 0.25) is 5.91 Å². The third-order valence-electron chi connectivity index (χ3n) is 5.74. The van der Waals surface area contributed by atoms with Crippen LogP contribution in [0.1, 0.15) is 42.9 Å². The Morgan fingerprint density at radius 3 is 2.62 bits per heavy atom. The number of carbonyl (C=O) groups is 2. The first-order valence-corrected chi connectivity index (χ1v) is 9.45. The molecule has 2 saturated heterocycles. The van der Waals surface area contributed by atoms with Crippen molar-refractivity contribution in [2.45, 2.75) is 44.2 Å². The average molecular weight is 358 g/mol. The van der Waals surface area contributed by atoms with Gasteiger partial charge in [0.15, 0.2) is 0 Å². The minimum absolute atomic E-state index is 0.0105. The molecule has 2 heterocycles. The van der Waals surface area contributed by atoms with E-state index in [-0.39, 0.29) is 23.5 Å². The van der Waals surface area contributed by atoms with Gasteiger partial charge in [-0.2, -0.15) is 0 Å². The molecular formula is C20H30N4O2. The summed E-state index contributed by atoms with van der Waals surface area (Å²) in [6.45, 7) is 4.06. The molecule has 26 heavy (non-hydrogen) atoms. The lowest BCUT2D eigenvalue weighted by Gasteiger charge is -2.39. The predicted octanol–water partition coefficient (Wildman–Crippen LogP) is 2.05. The highest BCUT2D eigenvalue weighted by Crippen LogP contribution is 2.31. The van der Waals surface area contributed by atoms with Crippen molar-refractivity contribution in [3.8, 4) is 0 Å². The Morgan fingerprint density at radius 2 is 2.04 bits per heavy atom. The maximum atomic E-state index is 12.6. The van der Waals surface area contributed by atoms with E-state index >= 15 is 0 Å². The SMILES string of the molecule is Cc1cccc([C@@H](CNC(=O)N2CCC3(CCC(=O)N3)CC2)N(C)C)c1. The van der Waals surface area contributed by atoms with Crippen molar-refractivity contribution >= 4 is 11.9 Å². The van der Waals surface area contributed by atoms with Gasteiger partial charge in [0.25, 0.3) is 0 Å². The van der Waals surface area contributed by atoms with Crippen molar-refractivity contribution in [1.29, 1.82) is 0 Å². The van der Waals surface area contributed by atoms with E-state index in [0.29, 0.717) is 26.1 Å². The summed E-state index contributed by atoms with van der Waals surface area (Å²) >= 11 is 0. The third-order valence-corrected chi connectivity index (χ3v) is 5.74. The molecule has 0 aromatic heterocycles. The Bertz CT molecular complexity index is 666. The van der Waals surface area contributed by atoms with Crippen molar-refractivity contribution in [1.82, 2.24) is 20.4 Å². The number of urea groups is 1. The summed E-state index contributed by atoms with van der Waals surface area (Å²) in [5.74, 6) is 0.148. The fourth-order valence-corrected chi connectivity index (χ4v) is 4.06. The van der Waals surface area contributed by atoms with E-state index in [1.54, 1.807) is 0 Å². The van der Waals surface area contributed by atoms with E-state index in [1.807, 2.05) is 19.0 Å². The summed E-state index contributed by atoms with van der Waals surface area (Å²) < 4.78 is 0. The number of likely N-dealkylation sites (tertiary alicyclic amines) is 1. The summed E-state index contributed by atoms with van der Waals surface area (Å²) in [4.78, 5) is 28.1. The van der Waals surface area contributed by atoms with Crippen molar-refractivity contribution in [3.05, 3.63) is 35.4 Å². The zero-order chi connectivity index (χ0) is 18.7. The van der Waals surface area contributed by atoms with Crippen molar-refractivity contribution in [3.63, 3.8) is 0 Å². The van der Waals surface area contributed by atoms with Crippen LogP contribution in [0.5, 0.6) is 0 Å². The Morgan fingerprint density at radius 1 is 1.31 bits per heavy atom. The molecule has 1 spiro atoms. The number of hydrogen-bond acceptors (Lipinski definition) is 3. The highest BCUT2D eigenvalue weighted by Gasteiger charge is 2.41. The van der Waals surface area contributed by atoms with E-state index in [0.717, 1.165) is 19.3 Å². The molecule has 1 aromatic carbocycles. The Labute approximate surface area is 155 Å². The number of hydrogen-bond donors (Lipinski definition) is 2. The first-order chi connectivity index (χ1) is 12.4. The monoisotopic (exact) mass is 358 g/mol. The molecule has 142 valence electrons. The van der Waals surface area contributed by atoms with Crippen LogP contribution in [-0.4, -0.2) is 61.0 Å². The fraction of sp³-hybridized carbons (Fsp3) is 0.600. The molecule has 6 nitrogen and oxygen atoms in total. The quantitative estimate of drug-likeness (QED) is 0.866. The number of benzene rings is 1. The molecular weight excluding hydrogens is 328 g/mol. The van der Waals surface area contributed by atoms with E-state index in [9.17, 15) is 9.59 Å². The Balaban J connectivity index is 1.54. The standard InChI is InChI=1S/C20H30N4O2/c1-15-5-4-6-16(13-15)17(23(2)3)14-21-19(26)24-11-9-20(10-12-24)8-7-18(25)22-20/h4-6,13,17H,7-12,14H2,1-3H3,(H,21,26)(H,22,25)/t17-/m1/s1. The number of aryl methyl sites for hydroxylation is 1. The van der Waals surface area contributed by atoms with Gasteiger partial charge in [-0.25, -0.2) is 4.79 Å². The van der Waals surface area contributed by atoms with Gasteiger partial charge in [0, 0.05) is 31.6 Å². The number of piperidine rings is 1. The van der Waals surface area contributed by atoms with E-state index in [1.165, 1.54) is 11.1 Å². The average Bonchev–Trinajstić information content (AvgIpc) is 2.95. The van der Waals surface area contributed by atoms with Crippen LogP contribution in [0.2, 0.25) is 0 Å². The molecule has 2 fully saturated rings. The summed E-state index contributed by atoms with van der Waals surface area (Å²) in [7, 11) is 4.07. The van der Waals surface area contributed by atoms with E-state index in [2.05, 4.69) is 46.7 Å². The smallest absolute Gasteiger partial charge is 0.317 e. The molecule has 0 bridgehead atoms. The normalized spacial score (nSPS) is 20.3. The second-order valence-electron chi connectivity index (χ2n) is 7.90. The first-order valence-electron chi connectivity index (χ1n) is 9.45. The van der Waals surface area contributed by atoms with Crippen LogP contribution in [0, 0.1) is 6.92 Å². The van der Waals surface area contributed by atoms with E-state index in [4.69, 9.17) is 0 Å². The van der Waals surface area contributed by atoms with Gasteiger partial charge in [-0.3, -0.25) is 4.79 Å². The number of nitrogens with zero attached hydrogens (tertiary/aromatic N) is 2. The van der Waals surface area contributed by atoms with E-state index < -0.39 is 0 Å². The molecule has 1 aromatic rings. The minimum Gasteiger partial charge on any atom is -0.351 e. The first kappa shape index (κ1) is 18.7. The van der Waals surface area contributed by atoms with Gasteiger partial charge >= 0.3 is 6.03 Å². The lowest BCUT2D eigenvalue weighted by Crippen LogP contribution is -2.54. The summed E-state index contributed by atoms with van der Waals surface area (Å²) in [5, 5.41) is 6.21. The molecule has 3 amide bonds. The van der Waals surface area contributed by atoms with Crippen molar-refractivity contribution in [2.75, 3.05) is 33.7 Å². The van der Waals surface area contributed by atoms with Crippen LogP contribution in [0.4, 0.5) is 4.79 Å². The van der Waals surface area contributed by atoms with Gasteiger partial charge in [0.05, 0.1) is 6.04 Å². The zero-order valence-electron chi connectivity index (χ0n) is 16.0. The number of carbonyl (C=O) groups excluding carboxylic acids is 2. The number of nitrogens with one attached hydrogen (secondary N) is 2. The molecule has 1 atom stereocenters. The second kappa shape index (κ2) is 7.66. The lowest BCUT2D eigenvalue weighted by atomic mass is 9.86. The topological polar surface area (TPSA) is 64.7 Å². The maximum Gasteiger partial charge on any atom is 0.317 e. The fourth-order valence-electron chi connectivity index (χ4n) is 4.06. The highest BCUT2D eigenvalue weighted by molar-refractivity contribution is 5.79. The van der Waals surface area contributed by atoms with Gasteiger partial charge in [-0.05, 0) is 45.8 Å². The second-order valence-corrected chi connectivity index (χ2v) is 7.90. The van der Waals surface area contributed by atoms with Crippen LogP contribution < -0.4 is 10.6 Å². The molecule has 2 aliphatic rings. The summed E-state index contributed by atoms with van der Waals surface area (Å²) in [5.41, 5.74) is 2.36. The van der Waals surface area contributed by atoms with Gasteiger partial charge in [-0.15, -0.1) is 0 Å². The lowest BCUT2D eigenvalue weighted by molar-refractivity contribution is -0.120. The summed E-state index contributed by atoms with van der Waals surface area (Å²) in [6, 6.07) is 8.55. The Hall–Kier alpha value is -2.08. The van der Waals surface area contributed by atoms with Crippen molar-refractivity contribution in [2.24, 2.45) is 0 Å². The maximum absolute atomic E-state index is 12.6. The third kappa shape index (κ3) is 4.18. The molecule has 0 aliphatic carbocycles. The number of likely N-dealkylation sites (N-methyl/N-ethyl adjacent to an activating group) is 1. The summed E-state index contributed by atoms with van der Waals surface area (Å²) in [6.07, 6.45) is 3.22. The zero-order valence-corrected chi connectivity index (χ0v) is 16.0. The molecule has 2 N–H and O–H groups in total. The largest absolute Gasteiger partial charge is 0.351 e. The van der Waals surface area contributed by atoms with Gasteiger partial charge < -0.3 is 20.4 Å². The molecule has 0 saturated carbocycles. The molecule has 0 unspecified atom stereocenters. The van der Waals surface area contributed by atoms with Crippen LogP contribution in [-0.2, 0) is 4.79 Å². The molecule has 3 rings (SSSR count). The minimum atomic E-state index is -0.0679.